The number of benzene rings is 2. The zero-order chi connectivity index (χ0) is 21.5. The first-order valence-corrected chi connectivity index (χ1v) is 11.1. The Morgan fingerprint density at radius 1 is 1.13 bits per heavy atom. The Hall–Kier alpha value is -2.40. The number of hydrogen-bond donors (Lipinski definition) is 2. The largest absolute Gasteiger partial charge is 0.497 e. The van der Waals surface area contributed by atoms with Crippen molar-refractivity contribution in [3.63, 3.8) is 0 Å². The normalized spacial score (nSPS) is 20.1. The maximum absolute atomic E-state index is 12.9. The number of methoxy groups -OCH3 is 1. The van der Waals surface area contributed by atoms with Crippen LogP contribution >= 0.6 is 11.6 Å². The van der Waals surface area contributed by atoms with Gasteiger partial charge in [0.25, 0.3) is 0 Å². The van der Waals surface area contributed by atoms with Crippen molar-refractivity contribution in [1.82, 2.24) is 0 Å². The summed E-state index contributed by atoms with van der Waals surface area (Å²) in [6.45, 7) is 4.39. The number of unbranched alkanes of at least 4 members (excludes halogenated alkanes) is 2. The molecule has 2 aromatic carbocycles. The van der Waals surface area contributed by atoms with Crippen LogP contribution in [0.5, 0.6) is 5.75 Å². The third-order valence-electron chi connectivity index (χ3n) is 5.61. The van der Waals surface area contributed by atoms with Gasteiger partial charge in [-0.15, -0.1) is 0 Å². The molecule has 0 amide bonds. The number of halogens is 1. The number of carbonyl (C=O) groups is 1. The first kappa shape index (κ1) is 22.3. The fourth-order valence-corrected chi connectivity index (χ4v) is 4.22. The molecular formula is C24H31ClN2O3. The van der Waals surface area contributed by atoms with Gasteiger partial charge in [-0.05, 0) is 55.8 Å². The van der Waals surface area contributed by atoms with Gasteiger partial charge in [0.1, 0.15) is 11.8 Å². The van der Waals surface area contributed by atoms with Gasteiger partial charge in [-0.1, -0.05) is 37.8 Å². The Bertz CT molecular complexity index is 841. The standard InChI is InChI=1S/C24H31ClN2O3/c1-4-6-7-8-19-22(26-17-11-9-16(25)10-12-17)20-15-18(29-3)13-14-21(20)27-23(19)24(28)30-5-2/h9-15,19,22-23,26-27H,4-8H2,1-3H3/t19-,22+,23+/m1/s1. The smallest absolute Gasteiger partial charge is 0.328 e. The summed E-state index contributed by atoms with van der Waals surface area (Å²) in [6.07, 6.45) is 4.22. The van der Waals surface area contributed by atoms with E-state index in [0.29, 0.717) is 11.6 Å². The van der Waals surface area contributed by atoms with E-state index in [9.17, 15) is 4.79 Å². The number of hydrogen-bond acceptors (Lipinski definition) is 5. The minimum atomic E-state index is -0.410. The highest BCUT2D eigenvalue weighted by Gasteiger charge is 2.41. The molecule has 0 saturated heterocycles. The molecule has 162 valence electrons. The highest BCUT2D eigenvalue weighted by atomic mass is 35.5. The van der Waals surface area contributed by atoms with Crippen LogP contribution in [0.25, 0.3) is 0 Å². The van der Waals surface area contributed by atoms with Crippen molar-refractivity contribution >= 4 is 28.9 Å². The Labute approximate surface area is 184 Å². The minimum absolute atomic E-state index is 0.0332. The van der Waals surface area contributed by atoms with Gasteiger partial charge in [-0.25, -0.2) is 4.79 Å². The molecule has 6 heteroatoms. The molecule has 3 rings (SSSR count). The molecule has 0 saturated carbocycles. The van der Waals surface area contributed by atoms with Gasteiger partial charge in [0.15, 0.2) is 0 Å². The Morgan fingerprint density at radius 3 is 2.57 bits per heavy atom. The van der Waals surface area contributed by atoms with Crippen molar-refractivity contribution in [3.05, 3.63) is 53.1 Å². The molecule has 0 spiro atoms. The van der Waals surface area contributed by atoms with Crippen LogP contribution in [0.4, 0.5) is 11.4 Å². The van der Waals surface area contributed by atoms with Gasteiger partial charge >= 0.3 is 5.97 Å². The second-order valence-electron chi connectivity index (χ2n) is 7.62. The average molecular weight is 431 g/mol. The summed E-state index contributed by atoms with van der Waals surface area (Å²) in [7, 11) is 1.67. The summed E-state index contributed by atoms with van der Waals surface area (Å²) in [6, 6.07) is 13.1. The third-order valence-corrected chi connectivity index (χ3v) is 5.86. The molecule has 3 atom stereocenters. The molecule has 0 radical (unpaired) electrons. The summed E-state index contributed by atoms with van der Waals surface area (Å²) >= 11 is 6.07. The van der Waals surface area contributed by atoms with Crippen LogP contribution in [0, 0.1) is 5.92 Å². The van der Waals surface area contributed by atoms with Gasteiger partial charge in [0, 0.05) is 27.9 Å². The van der Waals surface area contributed by atoms with Crippen molar-refractivity contribution in [3.8, 4) is 5.75 Å². The average Bonchev–Trinajstić information content (AvgIpc) is 2.76. The highest BCUT2D eigenvalue weighted by Crippen LogP contribution is 2.43. The molecule has 0 unspecified atom stereocenters. The predicted molar refractivity (Wildman–Crippen MR) is 122 cm³/mol. The summed E-state index contributed by atoms with van der Waals surface area (Å²) < 4.78 is 10.9. The molecular weight excluding hydrogens is 400 g/mol. The Morgan fingerprint density at radius 2 is 1.90 bits per heavy atom. The first-order chi connectivity index (χ1) is 14.6. The molecule has 0 bridgehead atoms. The lowest BCUT2D eigenvalue weighted by Crippen LogP contribution is -2.46. The Kier molecular flexibility index (Phi) is 7.86. The van der Waals surface area contributed by atoms with E-state index in [1.807, 2.05) is 49.4 Å². The molecule has 2 N–H and O–H groups in total. The third kappa shape index (κ3) is 5.20. The van der Waals surface area contributed by atoms with Gasteiger partial charge < -0.3 is 20.1 Å². The lowest BCUT2D eigenvalue weighted by atomic mass is 9.79. The quantitative estimate of drug-likeness (QED) is 0.374. The summed E-state index contributed by atoms with van der Waals surface area (Å²) in [4.78, 5) is 12.9. The summed E-state index contributed by atoms with van der Waals surface area (Å²) in [5, 5.41) is 7.79. The van der Waals surface area contributed by atoms with E-state index < -0.39 is 6.04 Å². The van der Waals surface area contributed by atoms with Gasteiger partial charge in [0.05, 0.1) is 19.8 Å². The van der Waals surface area contributed by atoms with Crippen LogP contribution < -0.4 is 15.4 Å². The SMILES string of the molecule is CCCCC[C@H]1[C@@H](C(=O)OCC)Nc2ccc(OC)cc2[C@H]1Nc1ccc(Cl)cc1. The van der Waals surface area contributed by atoms with E-state index in [1.54, 1.807) is 7.11 Å². The molecule has 2 aromatic rings. The lowest BCUT2D eigenvalue weighted by molar-refractivity contribution is -0.145. The second kappa shape index (κ2) is 10.6. The molecule has 1 heterocycles. The van der Waals surface area contributed by atoms with Gasteiger partial charge in [0.2, 0.25) is 0 Å². The zero-order valence-electron chi connectivity index (χ0n) is 17.9. The van der Waals surface area contributed by atoms with Crippen LogP contribution in [0.15, 0.2) is 42.5 Å². The van der Waals surface area contributed by atoms with Crippen molar-refractivity contribution < 1.29 is 14.3 Å². The summed E-state index contributed by atoms with van der Waals surface area (Å²) in [5.41, 5.74) is 2.97. The molecule has 5 nitrogen and oxygen atoms in total. The predicted octanol–water partition coefficient (Wildman–Crippen LogP) is 6.06. The van der Waals surface area contributed by atoms with E-state index in [4.69, 9.17) is 21.1 Å². The first-order valence-electron chi connectivity index (χ1n) is 10.7. The van der Waals surface area contributed by atoms with Crippen LogP contribution in [0.3, 0.4) is 0 Å². The van der Waals surface area contributed by atoms with Crippen LogP contribution in [-0.2, 0) is 9.53 Å². The Balaban J connectivity index is 2.01. The van der Waals surface area contributed by atoms with E-state index >= 15 is 0 Å². The number of ether oxygens (including phenoxy) is 2. The van der Waals surface area contributed by atoms with Gasteiger partial charge in [-0.2, -0.15) is 0 Å². The van der Waals surface area contributed by atoms with Crippen LogP contribution in [0.2, 0.25) is 5.02 Å². The molecule has 1 aliphatic heterocycles. The molecule has 0 aliphatic carbocycles. The number of carbonyl (C=O) groups excluding carboxylic acids is 1. The van der Waals surface area contributed by atoms with Crippen molar-refractivity contribution in [2.45, 2.75) is 51.6 Å². The van der Waals surface area contributed by atoms with E-state index in [2.05, 4.69) is 17.6 Å². The highest BCUT2D eigenvalue weighted by molar-refractivity contribution is 6.30. The van der Waals surface area contributed by atoms with Crippen LogP contribution in [0.1, 0.15) is 51.1 Å². The van der Waals surface area contributed by atoms with Crippen molar-refractivity contribution in [2.24, 2.45) is 5.92 Å². The molecule has 0 fully saturated rings. The fraction of sp³-hybridized carbons (Fsp3) is 0.458. The van der Waals surface area contributed by atoms with Crippen molar-refractivity contribution in [2.75, 3.05) is 24.4 Å². The van der Waals surface area contributed by atoms with Gasteiger partial charge in [-0.3, -0.25) is 0 Å². The lowest BCUT2D eigenvalue weighted by Gasteiger charge is -2.40. The maximum Gasteiger partial charge on any atom is 0.328 e. The number of esters is 1. The second-order valence-corrected chi connectivity index (χ2v) is 8.05. The number of fused-ring (bicyclic) bond motifs is 1. The number of anilines is 2. The van der Waals surface area contributed by atoms with Crippen LogP contribution in [-0.4, -0.2) is 25.7 Å². The fourth-order valence-electron chi connectivity index (χ4n) is 4.09. The van der Waals surface area contributed by atoms with Crippen molar-refractivity contribution in [1.29, 1.82) is 0 Å². The topological polar surface area (TPSA) is 59.6 Å². The maximum atomic E-state index is 12.9. The monoisotopic (exact) mass is 430 g/mol. The zero-order valence-corrected chi connectivity index (χ0v) is 18.7. The minimum Gasteiger partial charge on any atom is -0.497 e. The van der Waals surface area contributed by atoms with E-state index in [-0.39, 0.29) is 17.9 Å². The molecule has 0 aromatic heterocycles. The summed E-state index contributed by atoms with van der Waals surface area (Å²) in [5.74, 6) is 0.620. The van der Waals surface area contributed by atoms with E-state index in [1.165, 1.54) is 0 Å². The van der Waals surface area contributed by atoms with E-state index in [0.717, 1.165) is 48.4 Å². The molecule has 30 heavy (non-hydrogen) atoms. The number of nitrogens with one attached hydrogen (secondary N) is 2. The molecule has 1 aliphatic rings. The number of rotatable bonds is 9.